The van der Waals surface area contributed by atoms with E-state index in [1.807, 2.05) is 46.2 Å². The number of likely N-dealkylation sites (tertiary alicyclic amines) is 2. The molecule has 2 aliphatic rings. The van der Waals surface area contributed by atoms with Gasteiger partial charge in [-0.3, -0.25) is 9.59 Å². The predicted octanol–water partition coefficient (Wildman–Crippen LogP) is 5.13. The summed E-state index contributed by atoms with van der Waals surface area (Å²) in [5.74, 6) is 0.0228. The standard InChI is InChI=1S/C32H44N2O4/c35-29(33-23-11-1-2-12-24-33)19-21-31(37,27-15-7-5-8-16-27)32(38,28-17-9-6-10-18-28)22-20-30(36)34-25-13-3-4-14-26-34/h5-10,15-18,37-38H,1-4,11-14,19-26H2/t31-,32+. The molecule has 0 bridgehead atoms. The molecule has 2 atom stereocenters. The number of nitrogens with zero attached hydrogens (tertiary/aromatic N) is 2. The van der Waals surface area contributed by atoms with Crippen molar-refractivity contribution in [3.05, 3.63) is 71.8 Å². The van der Waals surface area contributed by atoms with E-state index in [2.05, 4.69) is 0 Å². The summed E-state index contributed by atoms with van der Waals surface area (Å²) in [5, 5.41) is 25.0. The molecule has 0 unspecified atom stereocenters. The number of hydrogen-bond acceptors (Lipinski definition) is 4. The van der Waals surface area contributed by atoms with Gasteiger partial charge in [0.15, 0.2) is 0 Å². The number of carbonyl (C=O) groups is 2. The van der Waals surface area contributed by atoms with Crippen LogP contribution in [0.2, 0.25) is 0 Å². The van der Waals surface area contributed by atoms with Crippen LogP contribution in [-0.4, -0.2) is 58.0 Å². The maximum absolute atomic E-state index is 13.3. The molecule has 0 aliphatic carbocycles. The van der Waals surface area contributed by atoms with E-state index in [9.17, 15) is 19.8 Å². The Bertz CT molecular complexity index is 931. The van der Waals surface area contributed by atoms with Gasteiger partial charge in [-0.15, -0.1) is 0 Å². The van der Waals surface area contributed by atoms with Crippen molar-refractivity contribution >= 4 is 11.8 Å². The second-order valence-electron chi connectivity index (χ2n) is 11.0. The summed E-state index contributed by atoms with van der Waals surface area (Å²) in [6.45, 7) is 2.98. The largest absolute Gasteiger partial charge is 0.382 e. The molecule has 2 N–H and O–H groups in total. The third kappa shape index (κ3) is 6.65. The summed E-state index contributed by atoms with van der Waals surface area (Å²) < 4.78 is 0. The van der Waals surface area contributed by atoms with E-state index in [0.717, 1.165) is 77.5 Å². The van der Waals surface area contributed by atoms with Gasteiger partial charge in [0.25, 0.3) is 0 Å². The van der Waals surface area contributed by atoms with Crippen LogP contribution >= 0.6 is 0 Å². The monoisotopic (exact) mass is 520 g/mol. The van der Waals surface area contributed by atoms with Crippen molar-refractivity contribution in [1.82, 2.24) is 9.80 Å². The fourth-order valence-electron chi connectivity index (χ4n) is 6.14. The molecule has 2 fully saturated rings. The molecule has 0 aromatic heterocycles. The highest BCUT2D eigenvalue weighted by Gasteiger charge is 2.51. The molecule has 2 amide bonds. The van der Waals surface area contributed by atoms with E-state index in [-0.39, 0.29) is 37.5 Å². The van der Waals surface area contributed by atoms with Crippen molar-refractivity contribution in [2.75, 3.05) is 26.2 Å². The van der Waals surface area contributed by atoms with Crippen molar-refractivity contribution in [3.8, 4) is 0 Å². The van der Waals surface area contributed by atoms with E-state index in [1.165, 1.54) is 0 Å². The highest BCUT2D eigenvalue weighted by atomic mass is 16.4. The van der Waals surface area contributed by atoms with Crippen LogP contribution in [0.3, 0.4) is 0 Å². The number of carbonyl (C=O) groups excluding carboxylic acids is 2. The quantitative estimate of drug-likeness (QED) is 0.481. The summed E-state index contributed by atoms with van der Waals surface area (Å²) in [5.41, 5.74) is -2.40. The van der Waals surface area contributed by atoms with Gasteiger partial charge in [0.05, 0.1) is 0 Å². The van der Waals surface area contributed by atoms with Gasteiger partial charge in [0.1, 0.15) is 11.2 Å². The first-order valence-corrected chi connectivity index (χ1v) is 14.6. The summed E-state index contributed by atoms with van der Waals surface area (Å²) in [7, 11) is 0. The minimum absolute atomic E-state index is 0.0114. The molecule has 38 heavy (non-hydrogen) atoms. The molecule has 2 heterocycles. The fraction of sp³-hybridized carbons (Fsp3) is 0.562. The first kappa shape index (κ1) is 28.3. The molecule has 0 radical (unpaired) electrons. The zero-order valence-electron chi connectivity index (χ0n) is 22.7. The summed E-state index contributed by atoms with van der Waals surface area (Å²) >= 11 is 0. The second kappa shape index (κ2) is 13.4. The predicted molar refractivity (Wildman–Crippen MR) is 149 cm³/mol. The average Bonchev–Trinajstić information content (AvgIpc) is 3.41. The number of benzene rings is 2. The molecule has 0 spiro atoms. The molecule has 206 valence electrons. The zero-order chi connectivity index (χ0) is 26.8. The Kier molecular flexibility index (Phi) is 9.97. The third-order valence-corrected chi connectivity index (χ3v) is 8.51. The Balaban J connectivity index is 1.63. The van der Waals surface area contributed by atoms with Crippen LogP contribution in [-0.2, 0) is 20.8 Å². The summed E-state index contributed by atoms with van der Waals surface area (Å²) in [6, 6.07) is 18.3. The molecule has 4 rings (SSSR count). The van der Waals surface area contributed by atoms with E-state index in [4.69, 9.17) is 0 Å². The molecule has 2 saturated heterocycles. The van der Waals surface area contributed by atoms with Crippen LogP contribution in [0.15, 0.2) is 60.7 Å². The van der Waals surface area contributed by atoms with E-state index in [0.29, 0.717) is 11.1 Å². The maximum atomic E-state index is 13.3. The minimum atomic E-state index is -1.75. The lowest BCUT2D eigenvalue weighted by molar-refractivity contribution is -0.179. The van der Waals surface area contributed by atoms with Gasteiger partial charge >= 0.3 is 0 Å². The molecule has 2 aromatic rings. The maximum Gasteiger partial charge on any atom is 0.222 e. The van der Waals surface area contributed by atoms with Crippen LogP contribution in [0.5, 0.6) is 0 Å². The topological polar surface area (TPSA) is 81.1 Å². The number of hydrogen-bond donors (Lipinski definition) is 2. The van der Waals surface area contributed by atoms with Crippen molar-refractivity contribution in [1.29, 1.82) is 0 Å². The number of aliphatic hydroxyl groups is 2. The smallest absolute Gasteiger partial charge is 0.222 e. The Morgan fingerprint density at radius 1 is 0.553 bits per heavy atom. The van der Waals surface area contributed by atoms with Gasteiger partial charge in [-0.05, 0) is 49.7 Å². The van der Waals surface area contributed by atoms with Crippen LogP contribution in [0, 0.1) is 0 Å². The molecular formula is C32H44N2O4. The Labute approximate surface area is 227 Å². The second-order valence-corrected chi connectivity index (χ2v) is 11.0. The lowest BCUT2D eigenvalue weighted by atomic mass is 9.68. The van der Waals surface area contributed by atoms with Crippen molar-refractivity contribution in [2.24, 2.45) is 0 Å². The zero-order valence-corrected chi connectivity index (χ0v) is 22.7. The van der Waals surface area contributed by atoms with E-state index >= 15 is 0 Å². The first-order chi connectivity index (χ1) is 18.4. The van der Waals surface area contributed by atoms with E-state index < -0.39 is 11.2 Å². The number of rotatable bonds is 9. The van der Waals surface area contributed by atoms with Crippen LogP contribution in [0.4, 0.5) is 0 Å². The molecule has 6 nitrogen and oxygen atoms in total. The summed E-state index contributed by atoms with van der Waals surface area (Å²) in [4.78, 5) is 30.4. The van der Waals surface area contributed by atoms with E-state index in [1.54, 1.807) is 24.3 Å². The molecule has 2 aromatic carbocycles. The van der Waals surface area contributed by atoms with Gasteiger partial charge in [0.2, 0.25) is 11.8 Å². The Morgan fingerprint density at radius 3 is 1.18 bits per heavy atom. The summed E-state index contributed by atoms with van der Waals surface area (Å²) in [6.07, 6.45) is 8.93. The van der Waals surface area contributed by atoms with Gasteiger partial charge in [-0.2, -0.15) is 0 Å². The lowest BCUT2D eigenvalue weighted by Gasteiger charge is -2.45. The highest BCUT2D eigenvalue weighted by molar-refractivity contribution is 5.77. The lowest BCUT2D eigenvalue weighted by Crippen LogP contribution is -2.51. The van der Waals surface area contributed by atoms with Gasteiger partial charge in [0, 0.05) is 39.0 Å². The van der Waals surface area contributed by atoms with Crippen molar-refractivity contribution < 1.29 is 19.8 Å². The van der Waals surface area contributed by atoms with Crippen LogP contribution < -0.4 is 0 Å². The first-order valence-electron chi connectivity index (χ1n) is 14.6. The molecule has 0 saturated carbocycles. The van der Waals surface area contributed by atoms with Gasteiger partial charge in [-0.1, -0.05) is 86.3 Å². The molecular weight excluding hydrogens is 476 g/mol. The Morgan fingerprint density at radius 2 is 0.868 bits per heavy atom. The SMILES string of the molecule is O=C(CC[C@@](O)(c1ccccc1)[C@](O)(CCC(=O)N1CCCCCC1)c1ccccc1)N1CCCCCC1. The minimum Gasteiger partial charge on any atom is -0.382 e. The highest BCUT2D eigenvalue weighted by Crippen LogP contribution is 2.47. The van der Waals surface area contributed by atoms with Gasteiger partial charge < -0.3 is 20.0 Å². The van der Waals surface area contributed by atoms with Crippen LogP contribution in [0.1, 0.15) is 88.2 Å². The fourth-order valence-corrected chi connectivity index (χ4v) is 6.14. The van der Waals surface area contributed by atoms with Crippen molar-refractivity contribution in [3.63, 3.8) is 0 Å². The van der Waals surface area contributed by atoms with Crippen LogP contribution in [0.25, 0.3) is 0 Å². The van der Waals surface area contributed by atoms with Gasteiger partial charge in [-0.25, -0.2) is 0 Å². The van der Waals surface area contributed by atoms with Crippen molar-refractivity contribution in [2.45, 2.75) is 88.3 Å². The number of amides is 2. The third-order valence-electron chi connectivity index (χ3n) is 8.51. The normalized spacial score (nSPS) is 20.1. The Hall–Kier alpha value is -2.70. The molecule has 2 aliphatic heterocycles. The average molecular weight is 521 g/mol. The molecule has 6 heteroatoms.